The van der Waals surface area contributed by atoms with E-state index < -0.39 is 30.0 Å². The number of piperidine rings is 2. The van der Waals surface area contributed by atoms with Gasteiger partial charge in [0.25, 0.3) is 0 Å². The molecule has 22 heteroatoms. The lowest BCUT2D eigenvalue weighted by molar-refractivity contribution is -0.160. The minimum absolute atomic E-state index is 0.0223. The van der Waals surface area contributed by atoms with Gasteiger partial charge in [0.2, 0.25) is 15.7 Å². The first-order chi connectivity index (χ1) is 31.7. The van der Waals surface area contributed by atoms with Crippen molar-refractivity contribution in [3.8, 4) is 0 Å². The molecule has 2 aromatic rings. The van der Waals surface area contributed by atoms with Crippen molar-refractivity contribution in [2.45, 2.75) is 133 Å². The van der Waals surface area contributed by atoms with Crippen molar-refractivity contribution in [2.24, 2.45) is 0 Å². The number of alkyl halides is 3. The summed E-state index contributed by atoms with van der Waals surface area (Å²) in [5, 5.41) is 2.63. The number of fused-ring (bicyclic) bond motifs is 1. The summed E-state index contributed by atoms with van der Waals surface area (Å²) in [5.41, 5.74) is 0.639. The molecule has 380 valence electrons. The van der Waals surface area contributed by atoms with Crippen molar-refractivity contribution in [1.82, 2.24) is 25.3 Å². The van der Waals surface area contributed by atoms with Gasteiger partial charge in [0.15, 0.2) is 26.2 Å². The Balaban J connectivity index is 1.51. The molecular formula is C45H76Cl3N9O9Si. The van der Waals surface area contributed by atoms with Gasteiger partial charge in [0, 0.05) is 59.0 Å². The standard InChI is InChI=1S/C45H76Cl3N9O9Si/c1-43(2,3)66-42(59)63-31-25-57(26-32-65-67(7,8)44(4,5)6)40-51-36-35(38(53-40)55-21-14-10-15-22-55)50-39(52-37(36)54-19-12-9-13-20-54)56(24-30-62-34-17-11-16-27-61-34)23-29-60-28-18-49-41(58)64-33-45(46,47)48/h34H,9-33H2,1-8H3,(H,49,58). The molecular weight excluding hydrogens is 945 g/mol. The Kier molecular flexibility index (Phi) is 21.2. The van der Waals surface area contributed by atoms with Crippen LogP contribution in [-0.2, 0) is 32.8 Å². The molecule has 0 saturated carbocycles. The third kappa shape index (κ3) is 18.4. The highest BCUT2D eigenvalue weighted by Crippen LogP contribution is 2.37. The third-order valence-electron chi connectivity index (χ3n) is 12.2. The second-order valence-electron chi connectivity index (χ2n) is 19.8. The molecule has 1 N–H and O–H groups in total. The average Bonchev–Trinajstić information content (AvgIpc) is 3.27. The molecule has 1 amide bonds. The Bertz CT molecular complexity index is 1850. The molecule has 1 atom stereocenters. The summed E-state index contributed by atoms with van der Waals surface area (Å²) < 4.78 is 39.2. The number of halogens is 3. The quantitative estimate of drug-likeness (QED) is 0.0513. The molecule has 0 aromatic carbocycles. The lowest BCUT2D eigenvalue weighted by atomic mass is 10.1. The predicted molar refractivity (Wildman–Crippen MR) is 267 cm³/mol. The zero-order valence-corrected chi connectivity index (χ0v) is 44.4. The summed E-state index contributed by atoms with van der Waals surface area (Å²) in [7, 11) is -2.10. The smallest absolute Gasteiger partial charge is 0.445 e. The number of alkyl carbamates (subject to hydrolysis) is 1. The number of hydrogen-bond acceptors (Lipinski definition) is 17. The van der Waals surface area contributed by atoms with Crippen molar-refractivity contribution in [3.63, 3.8) is 0 Å². The molecule has 0 aliphatic carbocycles. The predicted octanol–water partition coefficient (Wildman–Crippen LogP) is 8.64. The molecule has 3 aliphatic heterocycles. The fourth-order valence-electron chi connectivity index (χ4n) is 7.51. The molecule has 3 saturated heterocycles. The van der Waals surface area contributed by atoms with E-state index in [-0.39, 0.29) is 37.7 Å². The van der Waals surface area contributed by atoms with Gasteiger partial charge in [0.1, 0.15) is 29.8 Å². The Morgan fingerprint density at radius 3 is 1.79 bits per heavy atom. The highest BCUT2D eigenvalue weighted by Gasteiger charge is 2.37. The summed E-state index contributed by atoms with van der Waals surface area (Å²) >= 11 is 17.1. The van der Waals surface area contributed by atoms with Crippen LogP contribution in [0, 0.1) is 0 Å². The third-order valence-corrected chi connectivity index (χ3v) is 17.0. The zero-order valence-electron chi connectivity index (χ0n) is 41.1. The van der Waals surface area contributed by atoms with Crippen LogP contribution in [0.15, 0.2) is 0 Å². The molecule has 3 fully saturated rings. The molecule has 3 aliphatic rings. The van der Waals surface area contributed by atoms with Crippen LogP contribution in [0.2, 0.25) is 18.1 Å². The number of ether oxygens (including phenoxy) is 6. The minimum Gasteiger partial charge on any atom is -0.445 e. The van der Waals surface area contributed by atoms with E-state index in [1.54, 1.807) is 0 Å². The normalized spacial score (nSPS) is 17.6. The molecule has 18 nitrogen and oxygen atoms in total. The second-order valence-corrected chi connectivity index (χ2v) is 27.1. The Morgan fingerprint density at radius 2 is 1.27 bits per heavy atom. The van der Waals surface area contributed by atoms with Gasteiger partial charge >= 0.3 is 12.2 Å². The van der Waals surface area contributed by atoms with Crippen LogP contribution >= 0.6 is 34.8 Å². The first-order valence-corrected chi connectivity index (χ1v) is 28.1. The van der Waals surface area contributed by atoms with E-state index in [9.17, 15) is 9.59 Å². The maximum atomic E-state index is 12.7. The van der Waals surface area contributed by atoms with E-state index in [0.29, 0.717) is 75.5 Å². The van der Waals surface area contributed by atoms with Crippen molar-refractivity contribution < 1.29 is 42.4 Å². The number of hydrogen-bond donors (Lipinski definition) is 1. The van der Waals surface area contributed by atoms with Gasteiger partial charge in [0.05, 0.1) is 33.0 Å². The van der Waals surface area contributed by atoms with Gasteiger partial charge in [-0.25, -0.2) is 19.6 Å². The highest BCUT2D eigenvalue weighted by molar-refractivity contribution is 6.74. The molecule has 2 aromatic heterocycles. The number of aromatic nitrogens is 4. The van der Waals surface area contributed by atoms with Crippen LogP contribution in [0.4, 0.5) is 33.1 Å². The van der Waals surface area contributed by atoms with Crippen LogP contribution in [0.1, 0.15) is 99.3 Å². The first kappa shape index (κ1) is 55.0. The average molecular weight is 1020 g/mol. The lowest BCUT2D eigenvalue weighted by Crippen LogP contribution is -2.43. The molecule has 5 rings (SSSR count). The maximum absolute atomic E-state index is 12.7. The monoisotopic (exact) mass is 1020 g/mol. The van der Waals surface area contributed by atoms with Gasteiger partial charge in [-0.3, -0.25) is 0 Å². The Morgan fingerprint density at radius 1 is 0.716 bits per heavy atom. The fourth-order valence-corrected chi connectivity index (χ4v) is 8.70. The second kappa shape index (κ2) is 25.8. The highest BCUT2D eigenvalue weighted by atomic mass is 35.6. The first-order valence-electron chi connectivity index (χ1n) is 24.1. The maximum Gasteiger partial charge on any atom is 0.508 e. The summed E-state index contributed by atoms with van der Waals surface area (Å²) in [5.74, 6) is 2.48. The van der Waals surface area contributed by atoms with E-state index in [0.717, 1.165) is 95.6 Å². The van der Waals surface area contributed by atoms with Crippen LogP contribution in [-0.4, -0.2) is 161 Å². The van der Waals surface area contributed by atoms with Crippen LogP contribution < -0.4 is 24.9 Å². The fraction of sp³-hybridized carbons (Fsp3) is 0.822. The molecule has 0 spiro atoms. The molecule has 67 heavy (non-hydrogen) atoms. The molecule has 1 unspecified atom stereocenters. The van der Waals surface area contributed by atoms with Crippen molar-refractivity contribution in [2.75, 3.05) is 125 Å². The summed E-state index contributed by atoms with van der Waals surface area (Å²) in [6.45, 7) is 23.4. The van der Waals surface area contributed by atoms with Gasteiger partial charge in [-0.1, -0.05) is 55.6 Å². The SMILES string of the molecule is CC(C)(C)OC(=O)OCCN(CCO[Si](C)(C)C(C)(C)C)c1nc(N2CCCCC2)c2nc(N(CCOCCNC(=O)OCC(Cl)(Cl)Cl)CCOC3CCCCO3)nc(N3CCCCC3)c2n1. The number of anilines is 4. The van der Waals surface area contributed by atoms with Gasteiger partial charge in [-0.2, -0.15) is 9.97 Å². The van der Waals surface area contributed by atoms with E-state index >= 15 is 0 Å². The van der Waals surface area contributed by atoms with E-state index in [4.69, 9.17) is 87.6 Å². The number of nitrogens with zero attached hydrogens (tertiary/aromatic N) is 8. The van der Waals surface area contributed by atoms with E-state index in [1.165, 1.54) is 0 Å². The lowest BCUT2D eigenvalue weighted by Gasteiger charge is -2.37. The zero-order chi connectivity index (χ0) is 48.7. The number of nitrogens with one attached hydrogen (secondary N) is 1. The number of rotatable bonds is 22. The van der Waals surface area contributed by atoms with Gasteiger partial charge < -0.3 is 57.8 Å². The summed E-state index contributed by atoms with van der Waals surface area (Å²) in [6.07, 6.45) is 7.59. The van der Waals surface area contributed by atoms with Crippen molar-refractivity contribution in [3.05, 3.63) is 0 Å². The number of amides is 1. The Hall–Kier alpha value is -2.91. The summed E-state index contributed by atoms with van der Waals surface area (Å²) in [4.78, 5) is 55.0. The minimum atomic E-state index is -2.10. The van der Waals surface area contributed by atoms with Crippen LogP contribution in [0.3, 0.4) is 0 Å². The molecule has 0 radical (unpaired) electrons. The summed E-state index contributed by atoms with van der Waals surface area (Å²) in [6, 6.07) is 0. The van der Waals surface area contributed by atoms with Gasteiger partial charge in [-0.05, 0) is 96.7 Å². The van der Waals surface area contributed by atoms with Crippen LogP contribution in [0.5, 0.6) is 0 Å². The van der Waals surface area contributed by atoms with Crippen molar-refractivity contribution >= 4 is 89.9 Å². The largest absolute Gasteiger partial charge is 0.508 e. The number of carbonyl (C=O) groups is 2. The number of carbonyl (C=O) groups excluding carboxylic acids is 2. The van der Waals surface area contributed by atoms with Gasteiger partial charge in [-0.15, -0.1) is 0 Å². The Labute approximate surface area is 413 Å². The van der Waals surface area contributed by atoms with Crippen LogP contribution in [0.25, 0.3) is 11.0 Å². The molecule has 5 heterocycles. The topological polar surface area (TPSA) is 175 Å². The molecule has 0 bridgehead atoms. The van der Waals surface area contributed by atoms with Crippen molar-refractivity contribution in [1.29, 1.82) is 0 Å². The van der Waals surface area contributed by atoms with E-state index in [2.05, 4.69) is 53.9 Å². The van der Waals surface area contributed by atoms with E-state index in [1.807, 2.05) is 25.7 Å².